The van der Waals surface area contributed by atoms with Crippen molar-refractivity contribution in [2.75, 3.05) is 0 Å². The molecule has 3 saturated carbocycles. The molecule has 3 aliphatic carbocycles. The maximum absolute atomic E-state index is 10.5. The molecule has 9 atom stereocenters. The van der Waals surface area contributed by atoms with Crippen LogP contribution in [-0.4, -0.2) is 33.6 Å². The zero-order valence-corrected chi connectivity index (χ0v) is 16.5. The first kappa shape index (κ1) is 19.6. The monoisotopic (exact) mass is 352 g/mol. The SMILES string of the molecule is CCC1CC(C(C2CC(O)C(CC)C2)C2CC(O)C(CC)C2)CC1O. The fraction of sp³-hybridized carbons (Fsp3) is 1.00. The van der Waals surface area contributed by atoms with Crippen LogP contribution in [0.3, 0.4) is 0 Å². The number of hydrogen-bond donors (Lipinski definition) is 3. The lowest BCUT2D eigenvalue weighted by molar-refractivity contribution is 0.0962. The number of hydrogen-bond acceptors (Lipinski definition) is 3. The van der Waals surface area contributed by atoms with Crippen LogP contribution >= 0.6 is 0 Å². The van der Waals surface area contributed by atoms with E-state index in [0.29, 0.717) is 41.4 Å². The van der Waals surface area contributed by atoms with Crippen molar-refractivity contribution in [3.63, 3.8) is 0 Å². The van der Waals surface area contributed by atoms with Gasteiger partial charge in [0.25, 0.3) is 0 Å². The Kier molecular flexibility index (Phi) is 6.50. The second-order valence-electron chi connectivity index (χ2n) is 9.48. The molecular formula is C22H40O3. The van der Waals surface area contributed by atoms with Gasteiger partial charge in [0.05, 0.1) is 18.3 Å². The molecular weight excluding hydrogens is 312 g/mol. The molecule has 0 spiro atoms. The molecule has 9 unspecified atom stereocenters. The van der Waals surface area contributed by atoms with Gasteiger partial charge in [-0.15, -0.1) is 0 Å². The highest BCUT2D eigenvalue weighted by atomic mass is 16.3. The Morgan fingerprint density at radius 3 is 1.04 bits per heavy atom. The molecule has 0 radical (unpaired) electrons. The van der Waals surface area contributed by atoms with Crippen molar-refractivity contribution in [2.24, 2.45) is 41.4 Å². The van der Waals surface area contributed by atoms with E-state index in [1.807, 2.05) is 0 Å². The maximum Gasteiger partial charge on any atom is 0.0571 e. The van der Waals surface area contributed by atoms with Crippen molar-refractivity contribution in [3.8, 4) is 0 Å². The average molecular weight is 353 g/mol. The van der Waals surface area contributed by atoms with Crippen LogP contribution in [0.4, 0.5) is 0 Å². The molecule has 0 amide bonds. The molecule has 0 saturated heterocycles. The molecule has 3 aliphatic rings. The van der Waals surface area contributed by atoms with E-state index in [2.05, 4.69) is 20.8 Å². The summed E-state index contributed by atoms with van der Waals surface area (Å²) in [6.45, 7) is 6.60. The summed E-state index contributed by atoms with van der Waals surface area (Å²) in [4.78, 5) is 0. The van der Waals surface area contributed by atoms with Crippen LogP contribution in [0.25, 0.3) is 0 Å². The van der Waals surface area contributed by atoms with Gasteiger partial charge in [-0.2, -0.15) is 0 Å². The van der Waals surface area contributed by atoms with E-state index in [0.717, 1.165) is 57.8 Å². The Balaban J connectivity index is 1.78. The summed E-state index contributed by atoms with van der Waals surface area (Å²) in [7, 11) is 0. The summed E-state index contributed by atoms with van der Waals surface area (Å²) >= 11 is 0. The minimum atomic E-state index is -0.140. The Morgan fingerprint density at radius 2 is 0.840 bits per heavy atom. The molecule has 3 rings (SSSR count). The average Bonchev–Trinajstić information content (AvgIpc) is 3.25. The first-order chi connectivity index (χ1) is 12.0. The minimum Gasteiger partial charge on any atom is -0.393 e. The van der Waals surface area contributed by atoms with Crippen LogP contribution in [0.1, 0.15) is 78.6 Å². The smallest absolute Gasteiger partial charge is 0.0571 e. The quantitative estimate of drug-likeness (QED) is 0.677. The molecule has 3 nitrogen and oxygen atoms in total. The largest absolute Gasteiger partial charge is 0.393 e. The summed E-state index contributed by atoms with van der Waals surface area (Å²) < 4.78 is 0. The van der Waals surface area contributed by atoms with E-state index in [4.69, 9.17) is 0 Å². The van der Waals surface area contributed by atoms with Crippen molar-refractivity contribution in [1.29, 1.82) is 0 Å². The van der Waals surface area contributed by atoms with E-state index in [9.17, 15) is 15.3 Å². The number of rotatable bonds is 6. The van der Waals surface area contributed by atoms with Crippen LogP contribution in [0.15, 0.2) is 0 Å². The lowest BCUT2D eigenvalue weighted by Gasteiger charge is -2.35. The van der Waals surface area contributed by atoms with E-state index in [1.165, 1.54) is 0 Å². The van der Waals surface area contributed by atoms with Gasteiger partial charge < -0.3 is 15.3 Å². The third-order valence-corrected chi connectivity index (χ3v) is 8.29. The Morgan fingerprint density at radius 1 is 0.560 bits per heavy atom. The lowest BCUT2D eigenvalue weighted by Crippen LogP contribution is -2.29. The van der Waals surface area contributed by atoms with E-state index < -0.39 is 0 Å². The molecule has 0 bridgehead atoms. The summed E-state index contributed by atoms with van der Waals surface area (Å²) in [5, 5.41) is 31.5. The Hall–Kier alpha value is -0.120. The highest BCUT2D eigenvalue weighted by molar-refractivity contribution is 4.98. The third-order valence-electron chi connectivity index (χ3n) is 8.29. The predicted octanol–water partition coefficient (Wildman–Crippen LogP) is 3.99. The number of aliphatic hydroxyl groups excluding tert-OH is 3. The fourth-order valence-electron chi connectivity index (χ4n) is 6.85. The van der Waals surface area contributed by atoms with Crippen LogP contribution in [-0.2, 0) is 0 Å². The van der Waals surface area contributed by atoms with Crippen molar-refractivity contribution in [1.82, 2.24) is 0 Å². The predicted molar refractivity (Wildman–Crippen MR) is 101 cm³/mol. The molecule has 25 heavy (non-hydrogen) atoms. The van der Waals surface area contributed by atoms with Crippen LogP contribution < -0.4 is 0 Å². The van der Waals surface area contributed by atoms with E-state index >= 15 is 0 Å². The molecule has 0 heterocycles. The molecule has 146 valence electrons. The van der Waals surface area contributed by atoms with Crippen molar-refractivity contribution in [3.05, 3.63) is 0 Å². The summed E-state index contributed by atoms with van der Waals surface area (Å²) in [5.74, 6) is 3.70. The van der Waals surface area contributed by atoms with Crippen LogP contribution in [0, 0.1) is 41.4 Å². The third kappa shape index (κ3) is 3.94. The summed E-state index contributed by atoms with van der Waals surface area (Å²) in [6, 6.07) is 0. The zero-order valence-electron chi connectivity index (χ0n) is 16.5. The molecule has 0 aromatic heterocycles. The van der Waals surface area contributed by atoms with E-state index in [-0.39, 0.29) is 18.3 Å². The van der Waals surface area contributed by atoms with Gasteiger partial charge in [0.2, 0.25) is 0 Å². The second kappa shape index (κ2) is 8.27. The normalized spacial score (nSPS) is 49.0. The summed E-state index contributed by atoms with van der Waals surface area (Å²) in [6.07, 6.45) is 9.05. The molecule has 3 N–H and O–H groups in total. The highest BCUT2D eigenvalue weighted by Crippen LogP contribution is 2.53. The second-order valence-corrected chi connectivity index (χ2v) is 9.48. The van der Waals surface area contributed by atoms with Crippen LogP contribution in [0.2, 0.25) is 0 Å². The standard InChI is InChI=1S/C22H40O3/c1-4-13-7-16(10-19(13)23)22(17-8-14(5-2)20(24)11-17)18-9-15(6-3)21(25)12-18/h13-25H,4-12H2,1-3H3. The Labute approximate surface area is 154 Å². The van der Waals surface area contributed by atoms with Gasteiger partial charge in [-0.3, -0.25) is 0 Å². The molecule has 0 aliphatic heterocycles. The van der Waals surface area contributed by atoms with Gasteiger partial charge in [0.1, 0.15) is 0 Å². The molecule has 3 fully saturated rings. The number of aliphatic hydroxyl groups is 3. The van der Waals surface area contributed by atoms with Gasteiger partial charge in [-0.05, 0) is 80.0 Å². The van der Waals surface area contributed by atoms with Gasteiger partial charge in [0.15, 0.2) is 0 Å². The topological polar surface area (TPSA) is 60.7 Å². The lowest BCUT2D eigenvalue weighted by atomic mass is 9.70. The fourth-order valence-corrected chi connectivity index (χ4v) is 6.85. The van der Waals surface area contributed by atoms with Gasteiger partial charge in [-0.25, -0.2) is 0 Å². The first-order valence-electron chi connectivity index (χ1n) is 11.0. The van der Waals surface area contributed by atoms with Crippen molar-refractivity contribution in [2.45, 2.75) is 96.9 Å². The van der Waals surface area contributed by atoms with Crippen LogP contribution in [0.5, 0.6) is 0 Å². The molecule has 0 aromatic carbocycles. The Bertz CT molecular complexity index is 364. The highest BCUT2D eigenvalue weighted by Gasteiger charge is 2.48. The van der Waals surface area contributed by atoms with Gasteiger partial charge >= 0.3 is 0 Å². The maximum atomic E-state index is 10.5. The van der Waals surface area contributed by atoms with Gasteiger partial charge in [0, 0.05) is 0 Å². The molecule has 3 heteroatoms. The van der Waals surface area contributed by atoms with Crippen molar-refractivity contribution < 1.29 is 15.3 Å². The van der Waals surface area contributed by atoms with E-state index in [1.54, 1.807) is 0 Å². The summed E-state index contributed by atoms with van der Waals surface area (Å²) in [5.41, 5.74) is 0. The zero-order chi connectivity index (χ0) is 18.1. The van der Waals surface area contributed by atoms with Crippen molar-refractivity contribution >= 4 is 0 Å². The van der Waals surface area contributed by atoms with Gasteiger partial charge in [-0.1, -0.05) is 40.0 Å². The minimum absolute atomic E-state index is 0.140. The molecule has 0 aromatic rings. The first-order valence-corrected chi connectivity index (χ1v) is 11.0.